The van der Waals surface area contributed by atoms with Crippen LogP contribution in [0.1, 0.15) is 41.9 Å². The summed E-state index contributed by atoms with van der Waals surface area (Å²) in [4.78, 5) is 16.3. The van der Waals surface area contributed by atoms with Crippen LogP contribution in [0, 0.1) is 12.8 Å². The molecule has 1 saturated heterocycles. The van der Waals surface area contributed by atoms with Crippen molar-refractivity contribution in [3.05, 3.63) is 40.3 Å². The molecule has 0 saturated carbocycles. The molecule has 0 amide bonds. The van der Waals surface area contributed by atoms with E-state index < -0.39 is 5.97 Å². The number of carboxylic acid groups (broad SMARTS) is 1. The molecule has 5 nitrogen and oxygen atoms in total. The first-order valence-electron chi connectivity index (χ1n) is 8.92. The maximum absolute atomic E-state index is 11.9. The maximum Gasteiger partial charge on any atom is 0.338 e. The zero-order chi connectivity index (χ0) is 18.3. The van der Waals surface area contributed by atoms with Crippen LogP contribution in [-0.4, -0.2) is 33.8 Å². The number of carboxylic acids is 1. The molecule has 1 aliphatic heterocycles. The molecule has 1 aromatic carbocycles. The number of rotatable bonds is 4. The van der Waals surface area contributed by atoms with E-state index in [0.29, 0.717) is 11.5 Å². The van der Waals surface area contributed by atoms with Gasteiger partial charge in [-0.15, -0.1) is 11.3 Å². The summed E-state index contributed by atoms with van der Waals surface area (Å²) in [7, 11) is 0. The summed E-state index contributed by atoms with van der Waals surface area (Å²) in [5, 5.41) is 12.6. The Balaban J connectivity index is 1.90. The molecule has 3 aromatic rings. The SMILES string of the molecule is Cc1c(C(=O)O)c2ccc(-c3cscn3)cc2n1[C@@H](C)C1CCOCC1. The third-order valence-electron chi connectivity index (χ3n) is 5.55. The first-order chi connectivity index (χ1) is 12.6. The van der Waals surface area contributed by atoms with Crippen molar-refractivity contribution < 1.29 is 14.6 Å². The largest absolute Gasteiger partial charge is 0.478 e. The monoisotopic (exact) mass is 370 g/mol. The van der Waals surface area contributed by atoms with Crippen molar-refractivity contribution in [2.75, 3.05) is 13.2 Å². The Bertz CT molecular complexity index is 940. The summed E-state index contributed by atoms with van der Waals surface area (Å²) >= 11 is 1.56. The second-order valence-corrected chi connectivity index (χ2v) is 7.65. The second kappa shape index (κ2) is 6.85. The van der Waals surface area contributed by atoms with Crippen molar-refractivity contribution in [3.63, 3.8) is 0 Å². The number of aromatic nitrogens is 2. The van der Waals surface area contributed by atoms with E-state index in [1.54, 1.807) is 11.3 Å². The number of ether oxygens (including phenoxy) is 1. The smallest absolute Gasteiger partial charge is 0.338 e. The molecule has 1 N–H and O–H groups in total. The fraction of sp³-hybridized carbons (Fsp3) is 0.400. The Morgan fingerprint density at radius 3 is 2.81 bits per heavy atom. The van der Waals surface area contributed by atoms with E-state index in [1.165, 1.54) is 0 Å². The van der Waals surface area contributed by atoms with E-state index in [1.807, 2.05) is 29.9 Å². The number of fused-ring (bicyclic) bond motifs is 1. The van der Waals surface area contributed by atoms with Crippen LogP contribution in [0.3, 0.4) is 0 Å². The van der Waals surface area contributed by atoms with Crippen molar-refractivity contribution >= 4 is 28.2 Å². The lowest BCUT2D eigenvalue weighted by Crippen LogP contribution is -2.24. The molecule has 1 fully saturated rings. The highest BCUT2D eigenvalue weighted by Gasteiger charge is 2.27. The summed E-state index contributed by atoms with van der Waals surface area (Å²) in [5.74, 6) is -0.380. The van der Waals surface area contributed by atoms with Gasteiger partial charge >= 0.3 is 5.97 Å². The molecular formula is C20H22N2O3S. The van der Waals surface area contributed by atoms with Crippen LogP contribution >= 0.6 is 11.3 Å². The number of aromatic carboxylic acids is 1. The molecule has 3 heterocycles. The van der Waals surface area contributed by atoms with Gasteiger partial charge in [0.1, 0.15) is 0 Å². The van der Waals surface area contributed by atoms with Crippen LogP contribution in [0.2, 0.25) is 0 Å². The topological polar surface area (TPSA) is 64.3 Å². The van der Waals surface area contributed by atoms with Gasteiger partial charge in [0.05, 0.1) is 22.3 Å². The van der Waals surface area contributed by atoms with Crippen molar-refractivity contribution in [1.82, 2.24) is 9.55 Å². The molecule has 2 aromatic heterocycles. The fourth-order valence-corrected chi connectivity index (χ4v) is 4.72. The highest BCUT2D eigenvalue weighted by Crippen LogP contribution is 2.37. The zero-order valence-corrected chi connectivity index (χ0v) is 15.8. The van der Waals surface area contributed by atoms with Gasteiger partial charge in [-0.05, 0) is 38.7 Å². The Morgan fingerprint density at radius 2 is 2.15 bits per heavy atom. The van der Waals surface area contributed by atoms with Crippen LogP contribution in [0.15, 0.2) is 29.1 Å². The van der Waals surface area contributed by atoms with E-state index in [0.717, 1.165) is 53.9 Å². The lowest BCUT2D eigenvalue weighted by molar-refractivity contribution is 0.0516. The summed E-state index contributed by atoms with van der Waals surface area (Å²) in [5.41, 5.74) is 5.97. The third kappa shape index (κ3) is 2.83. The standard InChI is InChI=1S/C20H22N2O3S/c1-12(14-5-7-25-8-6-14)22-13(2)19(20(23)24)16-4-3-15(9-18(16)22)17-10-26-11-21-17/h3-4,9-12,14H,5-8H2,1-2H3,(H,23,24)/t12-/m0/s1. The highest BCUT2D eigenvalue weighted by molar-refractivity contribution is 7.07. The van der Waals surface area contributed by atoms with Crippen LogP contribution < -0.4 is 0 Å². The van der Waals surface area contributed by atoms with Gasteiger partial charge in [0.25, 0.3) is 0 Å². The van der Waals surface area contributed by atoms with E-state index in [9.17, 15) is 9.90 Å². The van der Waals surface area contributed by atoms with Gasteiger partial charge in [0.15, 0.2) is 0 Å². The van der Waals surface area contributed by atoms with Crippen LogP contribution in [-0.2, 0) is 4.74 Å². The molecule has 1 aliphatic rings. The highest BCUT2D eigenvalue weighted by atomic mass is 32.1. The van der Waals surface area contributed by atoms with Crippen molar-refractivity contribution in [3.8, 4) is 11.3 Å². The molecule has 0 bridgehead atoms. The molecule has 26 heavy (non-hydrogen) atoms. The van der Waals surface area contributed by atoms with E-state index in [2.05, 4.69) is 22.5 Å². The summed E-state index contributed by atoms with van der Waals surface area (Å²) < 4.78 is 7.72. The fourth-order valence-electron chi connectivity index (χ4n) is 4.16. The van der Waals surface area contributed by atoms with Crippen LogP contribution in [0.5, 0.6) is 0 Å². The first-order valence-corrected chi connectivity index (χ1v) is 9.86. The quantitative estimate of drug-likeness (QED) is 0.719. The molecule has 136 valence electrons. The zero-order valence-electron chi connectivity index (χ0n) is 14.9. The molecule has 0 radical (unpaired) electrons. The van der Waals surface area contributed by atoms with Crippen LogP contribution in [0.4, 0.5) is 0 Å². The summed E-state index contributed by atoms with van der Waals surface area (Å²) in [6.45, 7) is 5.68. The summed E-state index contributed by atoms with van der Waals surface area (Å²) in [6, 6.07) is 6.19. The van der Waals surface area contributed by atoms with Gasteiger partial charge < -0.3 is 14.4 Å². The molecule has 0 unspecified atom stereocenters. The molecule has 6 heteroatoms. The predicted molar refractivity (Wildman–Crippen MR) is 103 cm³/mol. The van der Waals surface area contributed by atoms with Gasteiger partial charge in [-0.1, -0.05) is 12.1 Å². The predicted octanol–water partition coefficient (Wildman–Crippen LogP) is 4.76. The molecule has 1 atom stereocenters. The van der Waals surface area contributed by atoms with Crippen molar-refractivity contribution in [2.45, 2.75) is 32.7 Å². The molecule has 4 rings (SSSR count). The lowest BCUT2D eigenvalue weighted by Gasteiger charge is -2.30. The Labute approximate surface area is 156 Å². The van der Waals surface area contributed by atoms with Gasteiger partial charge in [-0.3, -0.25) is 0 Å². The van der Waals surface area contributed by atoms with E-state index in [4.69, 9.17) is 4.74 Å². The molecule has 0 spiro atoms. The minimum atomic E-state index is -0.869. The van der Waals surface area contributed by atoms with Gasteiger partial charge in [0.2, 0.25) is 0 Å². The first kappa shape index (κ1) is 17.2. The van der Waals surface area contributed by atoms with Gasteiger partial charge in [-0.25, -0.2) is 9.78 Å². The maximum atomic E-state index is 11.9. The number of hydrogen-bond donors (Lipinski definition) is 1. The number of benzene rings is 1. The number of thiazole rings is 1. The number of carbonyl (C=O) groups is 1. The van der Waals surface area contributed by atoms with Crippen LogP contribution in [0.25, 0.3) is 22.2 Å². The Morgan fingerprint density at radius 1 is 1.38 bits per heavy atom. The minimum Gasteiger partial charge on any atom is -0.478 e. The average Bonchev–Trinajstić information content (AvgIpc) is 3.27. The summed E-state index contributed by atoms with van der Waals surface area (Å²) in [6.07, 6.45) is 2.02. The van der Waals surface area contributed by atoms with E-state index in [-0.39, 0.29) is 6.04 Å². The van der Waals surface area contributed by atoms with Crippen molar-refractivity contribution in [1.29, 1.82) is 0 Å². The third-order valence-corrected chi connectivity index (χ3v) is 6.13. The number of nitrogens with zero attached hydrogens (tertiary/aromatic N) is 2. The number of hydrogen-bond acceptors (Lipinski definition) is 4. The molecule has 0 aliphatic carbocycles. The second-order valence-electron chi connectivity index (χ2n) is 6.93. The normalized spacial score (nSPS) is 16.8. The minimum absolute atomic E-state index is 0.222. The van der Waals surface area contributed by atoms with Crippen molar-refractivity contribution in [2.24, 2.45) is 5.92 Å². The average molecular weight is 370 g/mol. The lowest BCUT2D eigenvalue weighted by atomic mass is 9.92. The van der Waals surface area contributed by atoms with Gasteiger partial charge in [0, 0.05) is 41.3 Å². The Hall–Kier alpha value is -2.18. The van der Waals surface area contributed by atoms with Gasteiger partial charge in [-0.2, -0.15) is 0 Å². The van der Waals surface area contributed by atoms with E-state index >= 15 is 0 Å². The Kier molecular flexibility index (Phi) is 4.54. The molecular weight excluding hydrogens is 348 g/mol.